The lowest BCUT2D eigenvalue weighted by atomic mass is 10.1. The summed E-state index contributed by atoms with van der Waals surface area (Å²) in [7, 11) is 4.72. The fourth-order valence-corrected chi connectivity index (χ4v) is 3.34. The number of benzene rings is 2. The first-order valence-electron chi connectivity index (χ1n) is 9.75. The highest BCUT2D eigenvalue weighted by atomic mass is 16.5. The number of hydrogen-bond acceptors (Lipinski definition) is 7. The molecule has 0 fully saturated rings. The Morgan fingerprint density at radius 3 is 2.48 bits per heavy atom. The number of para-hydroxylation sites is 1. The lowest BCUT2D eigenvalue weighted by Gasteiger charge is -2.21. The fourth-order valence-electron chi connectivity index (χ4n) is 3.34. The second kappa shape index (κ2) is 9.44. The average molecular weight is 423 g/mol. The van der Waals surface area contributed by atoms with E-state index in [1.54, 1.807) is 27.3 Å². The number of allylic oxidation sites excluding steroid dienone is 2. The number of ether oxygens (including phenoxy) is 1. The van der Waals surface area contributed by atoms with E-state index in [-0.39, 0.29) is 41.1 Å². The number of nitrogens with zero attached hydrogens (tertiary/aromatic N) is 1. The number of phenolic OH excluding ortho intramolecular Hbond substituents is 1. The fraction of sp³-hybridized carbons (Fsp3) is 0.261. The molecule has 0 unspecified atom stereocenters. The maximum atomic E-state index is 12.5. The number of nitrogens with one attached hydrogen (secondary N) is 2. The van der Waals surface area contributed by atoms with Gasteiger partial charge < -0.3 is 25.4 Å². The highest BCUT2D eigenvalue weighted by Crippen LogP contribution is 2.32. The second-order valence-corrected chi connectivity index (χ2v) is 7.37. The quantitative estimate of drug-likeness (QED) is 0.441. The van der Waals surface area contributed by atoms with Crippen molar-refractivity contribution >= 4 is 23.2 Å². The van der Waals surface area contributed by atoms with Crippen molar-refractivity contribution in [3.8, 4) is 5.75 Å². The Balaban J connectivity index is 1.95. The maximum absolute atomic E-state index is 12.5. The molecule has 162 valence electrons. The Labute approximate surface area is 180 Å². The third-order valence-electron chi connectivity index (χ3n) is 4.94. The van der Waals surface area contributed by atoms with Crippen molar-refractivity contribution in [1.29, 1.82) is 0 Å². The molecule has 0 bridgehead atoms. The summed E-state index contributed by atoms with van der Waals surface area (Å²) in [6.45, 7) is 0.321. The Bertz CT molecular complexity index is 1030. The van der Waals surface area contributed by atoms with E-state index < -0.39 is 11.6 Å². The molecule has 3 rings (SSSR count). The molecule has 1 aliphatic carbocycles. The molecule has 0 heterocycles. The number of rotatable bonds is 8. The Morgan fingerprint density at radius 1 is 1.13 bits per heavy atom. The van der Waals surface area contributed by atoms with Crippen LogP contribution in [0, 0.1) is 0 Å². The minimum atomic E-state index is -0.685. The van der Waals surface area contributed by atoms with Gasteiger partial charge in [0.15, 0.2) is 5.75 Å². The maximum Gasteiger partial charge on any atom is 0.257 e. The smallest absolute Gasteiger partial charge is 0.257 e. The Hall–Kier alpha value is -3.65. The zero-order valence-electron chi connectivity index (χ0n) is 17.6. The van der Waals surface area contributed by atoms with Crippen LogP contribution in [0.5, 0.6) is 5.75 Å². The molecule has 1 amide bonds. The minimum absolute atomic E-state index is 0.0480. The standard InChI is InChI=1S/C23H25N3O5/c1-26(2)23(30)15-10-7-11-16(21(15)28)25-20-17(12-19(27)22(20)29)24-18(13-31-3)14-8-5-4-6-9-14/h4-11,18,24-25,28H,12-13H2,1-3H3/t18-/m1/s1. The number of methoxy groups -OCH3 is 1. The van der Waals surface area contributed by atoms with Crippen LogP contribution in [-0.4, -0.2) is 55.3 Å². The first-order valence-corrected chi connectivity index (χ1v) is 9.75. The normalized spacial score (nSPS) is 14.5. The van der Waals surface area contributed by atoms with Crippen molar-refractivity contribution in [2.75, 3.05) is 33.1 Å². The molecule has 2 aromatic carbocycles. The van der Waals surface area contributed by atoms with Crippen molar-refractivity contribution in [3.63, 3.8) is 0 Å². The van der Waals surface area contributed by atoms with Crippen LogP contribution in [0.2, 0.25) is 0 Å². The third kappa shape index (κ3) is 4.75. The van der Waals surface area contributed by atoms with E-state index in [2.05, 4.69) is 10.6 Å². The topological polar surface area (TPSA) is 108 Å². The van der Waals surface area contributed by atoms with Gasteiger partial charge in [0.1, 0.15) is 5.70 Å². The summed E-state index contributed by atoms with van der Waals surface area (Å²) in [5.74, 6) is -1.92. The molecule has 0 saturated heterocycles. The van der Waals surface area contributed by atoms with Crippen molar-refractivity contribution in [2.45, 2.75) is 12.5 Å². The molecule has 8 heteroatoms. The number of carbonyl (C=O) groups is 3. The first kappa shape index (κ1) is 22.0. The number of hydrogen-bond donors (Lipinski definition) is 3. The molecule has 0 aliphatic heterocycles. The predicted molar refractivity (Wildman–Crippen MR) is 116 cm³/mol. The average Bonchev–Trinajstić information content (AvgIpc) is 3.02. The number of Topliss-reactive ketones (excluding diaryl/α,β-unsaturated/α-hetero) is 2. The van der Waals surface area contributed by atoms with E-state index in [0.717, 1.165) is 5.56 Å². The van der Waals surface area contributed by atoms with Crippen LogP contribution in [0.3, 0.4) is 0 Å². The molecular weight excluding hydrogens is 398 g/mol. The second-order valence-electron chi connectivity index (χ2n) is 7.37. The summed E-state index contributed by atoms with van der Waals surface area (Å²) in [6, 6.07) is 13.8. The molecule has 1 atom stereocenters. The monoisotopic (exact) mass is 423 g/mol. The van der Waals surface area contributed by atoms with Crippen molar-refractivity contribution in [3.05, 3.63) is 71.1 Å². The van der Waals surface area contributed by atoms with Gasteiger partial charge in [-0.1, -0.05) is 36.4 Å². The number of amides is 1. The van der Waals surface area contributed by atoms with Gasteiger partial charge in [-0.05, 0) is 17.7 Å². The van der Waals surface area contributed by atoms with Crippen LogP contribution in [0.15, 0.2) is 59.9 Å². The predicted octanol–water partition coefficient (Wildman–Crippen LogP) is 2.24. The van der Waals surface area contributed by atoms with E-state index in [9.17, 15) is 19.5 Å². The van der Waals surface area contributed by atoms with Gasteiger partial charge in [0.25, 0.3) is 5.91 Å². The van der Waals surface area contributed by atoms with Gasteiger partial charge >= 0.3 is 0 Å². The molecule has 8 nitrogen and oxygen atoms in total. The summed E-state index contributed by atoms with van der Waals surface area (Å²) < 4.78 is 5.30. The van der Waals surface area contributed by atoms with Gasteiger partial charge in [-0.3, -0.25) is 14.4 Å². The Kier molecular flexibility index (Phi) is 6.71. The summed E-state index contributed by atoms with van der Waals surface area (Å²) in [4.78, 5) is 38.3. The van der Waals surface area contributed by atoms with Crippen molar-refractivity contribution < 1.29 is 24.2 Å². The van der Waals surface area contributed by atoms with Gasteiger partial charge in [0.05, 0.1) is 30.3 Å². The number of anilines is 1. The minimum Gasteiger partial charge on any atom is -0.505 e. The molecule has 1 aliphatic rings. The summed E-state index contributed by atoms with van der Waals surface area (Å²) >= 11 is 0. The molecule has 2 aromatic rings. The van der Waals surface area contributed by atoms with Crippen LogP contribution < -0.4 is 10.6 Å². The van der Waals surface area contributed by atoms with Crippen molar-refractivity contribution in [1.82, 2.24) is 10.2 Å². The van der Waals surface area contributed by atoms with Crippen LogP contribution in [-0.2, 0) is 14.3 Å². The number of carbonyl (C=O) groups excluding carboxylic acids is 3. The van der Waals surface area contributed by atoms with E-state index in [1.807, 2.05) is 30.3 Å². The molecular formula is C23H25N3O5. The number of aromatic hydroxyl groups is 1. The molecule has 0 aromatic heterocycles. The molecule has 0 spiro atoms. The van der Waals surface area contributed by atoms with E-state index in [4.69, 9.17) is 4.74 Å². The van der Waals surface area contributed by atoms with Gasteiger partial charge in [-0.25, -0.2) is 0 Å². The molecule has 0 radical (unpaired) electrons. The molecule has 3 N–H and O–H groups in total. The van der Waals surface area contributed by atoms with Crippen molar-refractivity contribution in [2.24, 2.45) is 0 Å². The van der Waals surface area contributed by atoms with Crippen LogP contribution in [0.1, 0.15) is 28.4 Å². The van der Waals surface area contributed by atoms with Crippen LogP contribution >= 0.6 is 0 Å². The summed E-state index contributed by atoms with van der Waals surface area (Å²) in [6.07, 6.45) is -0.0920. The molecule has 0 saturated carbocycles. The zero-order valence-corrected chi connectivity index (χ0v) is 17.6. The van der Waals surface area contributed by atoms with Crippen LogP contribution in [0.4, 0.5) is 5.69 Å². The highest BCUT2D eigenvalue weighted by molar-refractivity contribution is 6.47. The third-order valence-corrected chi connectivity index (χ3v) is 4.94. The summed E-state index contributed by atoms with van der Waals surface area (Å²) in [5.41, 5.74) is 1.64. The lowest BCUT2D eigenvalue weighted by Crippen LogP contribution is -2.26. The molecule has 31 heavy (non-hydrogen) atoms. The number of phenols is 1. The van der Waals surface area contributed by atoms with E-state index in [1.165, 1.54) is 17.0 Å². The van der Waals surface area contributed by atoms with Gasteiger partial charge in [0, 0.05) is 26.9 Å². The summed E-state index contributed by atoms with van der Waals surface area (Å²) in [5, 5.41) is 16.7. The largest absolute Gasteiger partial charge is 0.505 e. The van der Waals surface area contributed by atoms with E-state index >= 15 is 0 Å². The number of ketones is 2. The van der Waals surface area contributed by atoms with Gasteiger partial charge in [0.2, 0.25) is 11.6 Å². The SMILES string of the molecule is COC[C@@H](NC1=C(Nc2cccc(C(=O)N(C)C)c2O)C(=O)C(=O)C1)c1ccccc1. The lowest BCUT2D eigenvalue weighted by molar-refractivity contribution is -0.132. The zero-order chi connectivity index (χ0) is 22.5. The van der Waals surface area contributed by atoms with Gasteiger partial charge in [-0.2, -0.15) is 0 Å². The Morgan fingerprint density at radius 2 is 1.84 bits per heavy atom. The van der Waals surface area contributed by atoms with Crippen LogP contribution in [0.25, 0.3) is 0 Å². The van der Waals surface area contributed by atoms with Gasteiger partial charge in [-0.15, -0.1) is 0 Å². The first-order chi connectivity index (χ1) is 14.8. The highest BCUT2D eigenvalue weighted by Gasteiger charge is 2.33. The van der Waals surface area contributed by atoms with E-state index in [0.29, 0.717) is 12.3 Å².